The molecule has 2 aromatic rings. The number of hydrogen-bond acceptors (Lipinski definition) is 4. The summed E-state index contributed by atoms with van der Waals surface area (Å²) in [5.41, 5.74) is 1.15. The molecule has 0 aromatic heterocycles. The van der Waals surface area contributed by atoms with Crippen molar-refractivity contribution in [1.29, 1.82) is 0 Å². The van der Waals surface area contributed by atoms with Crippen molar-refractivity contribution in [3.05, 3.63) is 51.5 Å². The maximum atomic E-state index is 13.7. The number of rotatable bonds is 3. The van der Waals surface area contributed by atoms with E-state index in [4.69, 9.17) is 37.4 Å². The van der Waals surface area contributed by atoms with Gasteiger partial charge in [-0.2, -0.15) is 13.2 Å². The summed E-state index contributed by atoms with van der Waals surface area (Å²) in [6, 6.07) is 6.76. The van der Waals surface area contributed by atoms with Gasteiger partial charge in [0.05, 0.1) is 0 Å². The Kier molecular flexibility index (Phi) is 5.53. The van der Waals surface area contributed by atoms with Gasteiger partial charge >= 0.3 is 18.2 Å². The molecule has 3 rings (SSSR count). The van der Waals surface area contributed by atoms with E-state index in [2.05, 4.69) is 0 Å². The summed E-state index contributed by atoms with van der Waals surface area (Å²) in [7, 11) is 0. The topological polar surface area (TPSA) is 56.8 Å². The Labute approximate surface area is 174 Å². The average Bonchev–Trinajstić information content (AvgIpc) is 2.95. The molecule has 5 nitrogen and oxygen atoms in total. The molecule has 1 amide bonds. The normalized spacial score (nSPS) is 18.1. The minimum atomic E-state index is -5.12. The molecule has 0 saturated carbocycles. The van der Waals surface area contributed by atoms with Gasteiger partial charge in [0.15, 0.2) is 11.5 Å². The molecule has 1 N–H and O–H groups in total. The van der Waals surface area contributed by atoms with Crippen molar-refractivity contribution in [2.75, 3.05) is 0 Å². The summed E-state index contributed by atoms with van der Waals surface area (Å²) >= 11 is 11.9. The van der Waals surface area contributed by atoms with E-state index in [9.17, 15) is 18.0 Å². The minimum Gasteiger partial charge on any atom is -0.424 e. The van der Waals surface area contributed by atoms with E-state index in [1.54, 1.807) is 18.3 Å². The van der Waals surface area contributed by atoms with Crippen LogP contribution in [0, 0.1) is 6.92 Å². The van der Waals surface area contributed by atoms with E-state index in [1.807, 2.05) is 13.8 Å². The van der Waals surface area contributed by atoms with Gasteiger partial charge in [-0.15, -0.1) is 0 Å². The van der Waals surface area contributed by atoms with Gasteiger partial charge in [-0.1, -0.05) is 37.0 Å². The number of carbonyl (C=O) groups excluding carboxylic acids is 1. The summed E-state index contributed by atoms with van der Waals surface area (Å²) < 4.78 is 56.2. The number of halogens is 5. The van der Waals surface area contributed by atoms with Gasteiger partial charge in [0, 0.05) is 16.1 Å². The average molecular weight is 450 g/mol. The van der Waals surface area contributed by atoms with Crippen molar-refractivity contribution < 1.29 is 32.2 Å². The van der Waals surface area contributed by atoms with E-state index in [0.717, 1.165) is 6.07 Å². The van der Waals surface area contributed by atoms with Gasteiger partial charge in [-0.05, 0) is 48.2 Å². The minimum absolute atomic E-state index is 0.0790. The standard InChI is InChI=1S/C19H16Cl2F3NO4/c1-9(2)12-8-13(21)10(3)6-15(12)27-17(26)25-19(18(22,23)24)28-14-5-4-11(20)7-16(14)29-19/h4-9H,1-3H3,(H,25,26). The van der Waals surface area contributed by atoms with Crippen LogP contribution in [-0.2, 0) is 0 Å². The predicted octanol–water partition coefficient (Wildman–Crippen LogP) is 6.20. The van der Waals surface area contributed by atoms with Crippen molar-refractivity contribution in [2.24, 2.45) is 0 Å². The zero-order chi connectivity index (χ0) is 21.6. The maximum Gasteiger partial charge on any atom is 0.492 e. The third-order valence-electron chi connectivity index (χ3n) is 4.17. The number of benzene rings is 2. The SMILES string of the molecule is Cc1cc(OC(=O)NC2(C(F)(F)F)Oc3ccc(Cl)cc3O2)c(C(C)C)cc1Cl. The molecule has 1 aliphatic rings. The number of nitrogens with one attached hydrogen (secondary N) is 1. The number of fused-ring (bicyclic) bond motifs is 1. The molecule has 0 radical (unpaired) electrons. The van der Waals surface area contributed by atoms with Gasteiger partial charge in [0.25, 0.3) is 0 Å². The Morgan fingerprint density at radius 1 is 1.14 bits per heavy atom. The van der Waals surface area contributed by atoms with Gasteiger partial charge in [-0.25, -0.2) is 10.1 Å². The zero-order valence-corrected chi connectivity index (χ0v) is 17.0. The highest BCUT2D eigenvalue weighted by atomic mass is 35.5. The molecule has 1 aliphatic heterocycles. The molecular formula is C19H16Cl2F3NO4. The van der Waals surface area contributed by atoms with Crippen molar-refractivity contribution in [3.63, 3.8) is 0 Å². The second-order valence-electron chi connectivity index (χ2n) is 6.72. The molecule has 0 aliphatic carbocycles. The third-order valence-corrected chi connectivity index (χ3v) is 4.81. The van der Waals surface area contributed by atoms with Crippen LogP contribution in [0.25, 0.3) is 0 Å². The Balaban J connectivity index is 1.88. The summed E-state index contributed by atoms with van der Waals surface area (Å²) in [5.74, 6) is -3.96. The van der Waals surface area contributed by atoms with Crippen molar-refractivity contribution in [2.45, 2.75) is 38.8 Å². The van der Waals surface area contributed by atoms with Gasteiger partial charge in [0.1, 0.15) is 5.75 Å². The van der Waals surface area contributed by atoms with Crippen LogP contribution in [0.4, 0.5) is 18.0 Å². The number of aryl methyl sites for hydroxylation is 1. The number of carbonyl (C=O) groups is 1. The lowest BCUT2D eigenvalue weighted by molar-refractivity contribution is -0.318. The van der Waals surface area contributed by atoms with E-state index in [0.29, 0.717) is 16.1 Å². The maximum absolute atomic E-state index is 13.7. The molecule has 10 heteroatoms. The van der Waals surface area contributed by atoms with E-state index >= 15 is 0 Å². The molecule has 2 aromatic carbocycles. The number of amides is 1. The third kappa shape index (κ3) is 4.18. The highest BCUT2D eigenvalue weighted by molar-refractivity contribution is 6.31. The molecule has 1 unspecified atom stereocenters. The predicted molar refractivity (Wildman–Crippen MR) is 101 cm³/mol. The molecule has 156 valence electrons. The summed E-state index contributed by atoms with van der Waals surface area (Å²) in [6.45, 7) is 5.33. The van der Waals surface area contributed by atoms with Crippen LogP contribution in [0.5, 0.6) is 17.2 Å². The molecule has 29 heavy (non-hydrogen) atoms. The largest absolute Gasteiger partial charge is 0.492 e. The van der Waals surface area contributed by atoms with E-state index in [1.165, 1.54) is 18.2 Å². The first kappa shape index (κ1) is 21.4. The zero-order valence-electron chi connectivity index (χ0n) is 15.5. The fourth-order valence-electron chi connectivity index (χ4n) is 2.68. The number of alkyl halides is 3. The van der Waals surface area contributed by atoms with Crippen LogP contribution in [0.3, 0.4) is 0 Å². The molecular weight excluding hydrogens is 434 g/mol. The van der Waals surface area contributed by atoms with Crippen LogP contribution < -0.4 is 19.5 Å². The van der Waals surface area contributed by atoms with Crippen LogP contribution in [0.2, 0.25) is 10.0 Å². The highest BCUT2D eigenvalue weighted by Gasteiger charge is 2.66. The number of hydrogen-bond donors (Lipinski definition) is 1. The molecule has 1 atom stereocenters. The first-order chi connectivity index (χ1) is 13.4. The summed E-state index contributed by atoms with van der Waals surface area (Å²) in [6.07, 6.45) is -6.53. The van der Waals surface area contributed by atoms with Crippen molar-refractivity contribution in [1.82, 2.24) is 5.32 Å². The fourth-order valence-corrected chi connectivity index (χ4v) is 3.02. The second kappa shape index (κ2) is 7.50. The van der Waals surface area contributed by atoms with Crippen LogP contribution in [0.15, 0.2) is 30.3 Å². The first-order valence-corrected chi connectivity index (χ1v) is 9.22. The molecule has 0 fully saturated rings. The van der Waals surface area contributed by atoms with Crippen molar-refractivity contribution >= 4 is 29.3 Å². The fraction of sp³-hybridized carbons (Fsp3) is 0.316. The quantitative estimate of drug-likeness (QED) is 0.605. The Morgan fingerprint density at radius 3 is 2.41 bits per heavy atom. The molecule has 1 heterocycles. The number of ether oxygens (including phenoxy) is 3. The summed E-state index contributed by atoms with van der Waals surface area (Å²) in [5, 5.41) is 2.23. The lowest BCUT2D eigenvalue weighted by Gasteiger charge is -2.29. The van der Waals surface area contributed by atoms with Crippen LogP contribution in [-0.4, -0.2) is 18.2 Å². The Bertz CT molecular complexity index is 965. The summed E-state index contributed by atoms with van der Waals surface area (Å²) in [4.78, 5) is 12.4. The molecule has 0 spiro atoms. The smallest absolute Gasteiger partial charge is 0.424 e. The highest BCUT2D eigenvalue weighted by Crippen LogP contribution is 2.46. The van der Waals surface area contributed by atoms with Gasteiger partial charge in [-0.3, -0.25) is 0 Å². The molecule has 0 saturated heterocycles. The monoisotopic (exact) mass is 449 g/mol. The van der Waals surface area contributed by atoms with Crippen LogP contribution in [0.1, 0.15) is 30.9 Å². The second-order valence-corrected chi connectivity index (χ2v) is 7.56. The van der Waals surface area contributed by atoms with Gasteiger partial charge < -0.3 is 14.2 Å². The lowest BCUT2D eigenvalue weighted by atomic mass is 10.0. The van der Waals surface area contributed by atoms with Crippen molar-refractivity contribution in [3.8, 4) is 17.2 Å². The molecule has 0 bridgehead atoms. The Morgan fingerprint density at radius 2 is 1.79 bits per heavy atom. The van der Waals surface area contributed by atoms with E-state index in [-0.39, 0.29) is 28.2 Å². The first-order valence-electron chi connectivity index (χ1n) is 8.46. The lowest BCUT2D eigenvalue weighted by Crippen LogP contribution is -2.65. The van der Waals surface area contributed by atoms with Crippen LogP contribution >= 0.6 is 23.2 Å². The Hall–Kier alpha value is -2.32. The van der Waals surface area contributed by atoms with Gasteiger partial charge in [0.2, 0.25) is 0 Å². The van der Waals surface area contributed by atoms with E-state index < -0.39 is 18.2 Å².